The first-order valence-electron chi connectivity index (χ1n) is 12.1. The van der Waals surface area contributed by atoms with Gasteiger partial charge in [-0.1, -0.05) is 6.07 Å². The molecule has 2 aromatic carbocycles. The van der Waals surface area contributed by atoms with Gasteiger partial charge in [0.05, 0.1) is 24.6 Å². The molecule has 0 aliphatic rings. The molecule has 2 aromatic rings. The van der Waals surface area contributed by atoms with Crippen molar-refractivity contribution in [1.29, 1.82) is 0 Å². The highest BCUT2D eigenvalue weighted by molar-refractivity contribution is 7.88. The summed E-state index contributed by atoms with van der Waals surface area (Å²) < 4.78 is 135. The van der Waals surface area contributed by atoms with E-state index < -0.39 is 85.7 Å². The van der Waals surface area contributed by atoms with Crippen LogP contribution in [-0.4, -0.2) is 38.2 Å². The Kier molecular flexibility index (Phi) is 10.2. The van der Waals surface area contributed by atoms with Crippen molar-refractivity contribution in [2.75, 3.05) is 6.61 Å². The number of ether oxygens (including phenoxy) is 2. The highest BCUT2D eigenvalue weighted by Gasteiger charge is 2.49. The molecule has 0 aliphatic heterocycles. The molecule has 0 fully saturated rings. The number of nitrogens with one attached hydrogen (secondary N) is 1. The van der Waals surface area contributed by atoms with Crippen molar-refractivity contribution in [3.63, 3.8) is 0 Å². The van der Waals surface area contributed by atoms with Gasteiger partial charge in [0.15, 0.2) is 5.75 Å². The largest absolute Gasteiger partial charge is 0.534 e. The van der Waals surface area contributed by atoms with E-state index in [0.717, 1.165) is 12.1 Å². The molecule has 1 atom stereocenters. The maximum atomic E-state index is 15.5. The maximum absolute atomic E-state index is 15.5. The van der Waals surface area contributed by atoms with Gasteiger partial charge in [-0.15, -0.1) is 0 Å². The van der Waals surface area contributed by atoms with Crippen molar-refractivity contribution in [3.05, 3.63) is 52.3 Å². The van der Waals surface area contributed by atoms with Crippen molar-refractivity contribution >= 4 is 22.2 Å². The number of carbonyl (C=O) groups is 2. The third kappa shape index (κ3) is 8.72. The molecule has 0 saturated carbocycles. The molecule has 0 aliphatic carbocycles. The monoisotopic (exact) mass is 631 g/mol. The summed E-state index contributed by atoms with van der Waals surface area (Å²) in [5.41, 5.74) is -10.8. The van der Waals surface area contributed by atoms with Crippen LogP contribution in [0.4, 0.5) is 35.5 Å². The van der Waals surface area contributed by atoms with Crippen LogP contribution >= 0.6 is 0 Å². The van der Waals surface area contributed by atoms with Crippen LogP contribution < -0.4 is 9.50 Å². The molecule has 0 heterocycles. The standard InChI is InChI=1S/C26H28F7NO7S/c1-7-39-20(35)12-18(34-23(36)40-24(4,5)6)16-10-15(11-17(22(16)27)25(28,29)30)21-14(3)8-13(2)9-19(21)41-42(37,38)26(31,32)33/h8-11,18H,7,12H2,1-6H3,(H,34,36)/t18-/m0/s1. The van der Waals surface area contributed by atoms with Gasteiger partial charge >= 0.3 is 33.9 Å². The number of carbonyl (C=O) groups excluding carboxylic acids is 2. The summed E-state index contributed by atoms with van der Waals surface area (Å²) in [6, 6.07) is 1.31. The Morgan fingerprint density at radius 1 is 0.976 bits per heavy atom. The summed E-state index contributed by atoms with van der Waals surface area (Å²) in [7, 11) is -6.27. The minimum atomic E-state index is -6.27. The van der Waals surface area contributed by atoms with E-state index in [-0.39, 0.29) is 23.8 Å². The van der Waals surface area contributed by atoms with E-state index in [4.69, 9.17) is 9.47 Å². The molecule has 0 saturated heterocycles. The fourth-order valence-corrected chi connectivity index (χ4v) is 4.32. The molecule has 234 valence electrons. The summed E-state index contributed by atoms with van der Waals surface area (Å²) in [5, 5.41) is 2.13. The second kappa shape index (κ2) is 12.4. The van der Waals surface area contributed by atoms with Crippen molar-refractivity contribution in [3.8, 4) is 16.9 Å². The first-order chi connectivity index (χ1) is 19.0. The zero-order valence-corrected chi connectivity index (χ0v) is 24.0. The first kappa shape index (κ1) is 34.6. The second-order valence-electron chi connectivity index (χ2n) is 10.1. The smallest absolute Gasteiger partial charge is 0.466 e. The van der Waals surface area contributed by atoms with Gasteiger partial charge in [0.25, 0.3) is 0 Å². The number of halogens is 7. The van der Waals surface area contributed by atoms with Crippen LogP contribution in [0.5, 0.6) is 5.75 Å². The molecular weight excluding hydrogens is 603 g/mol. The fourth-order valence-electron chi connectivity index (χ4n) is 3.86. The molecule has 0 bridgehead atoms. The topological polar surface area (TPSA) is 108 Å². The average molecular weight is 632 g/mol. The molecule has 42 heavy (non-hydrogen) atoms. The molecule has 0 radical (unpaired) electrons. The Labute approximate surface area is 237 Å². The van der Waals surface area contributed by atoms with E-state index in [1.165, 1.54) is 47.6 Å². The Morgan fingerprint density at radius 3 is 2.07 bits per heavy atom. The average Bonchev–Trinajstić information content (AvgIpc) is 2.76. The zero-order valence-electron chi connectivity index (χ0n) is 23.2. The Bertz CT molecular complexity index is 1450. The van der Waals surface area contributed by atoms with Crippen molar-refractivity contribution < 1.29 is 62.4 Å². The van der Waals surface area contributed by atoms with E-state index in [1.54, 1.807) is 0 Å². The predicted octanol–water partition coefficient (Wildman–Crippen LogP) is 6.88. The van der Waals surface area contributed by atoms with Gasteiger partial charge in [0.2, 0.25) is 0 Å². The van der Waals surface area contributed by atoms with Gasteiger partial charge in [0.1, 0.15) is 11.4 Å². The number of amides is 1. The summed E-state index contributed by atoms with van der Waals surface area (Å²) in [6.07, 6.45) is -7.49. The lowest BCUT2D eigenvalue weighted by Gasteiger charge is -2.25. The number of rotatable bonds is 8. The molecular formula is C26H28F7NO7S. The number of hydrogen-bond acceptors (Lipinski definition) is 7. The van der Waals surface area contributed by atoms with Crippen LogP contribution in [0.3, 0.4) is 0 Å². The van der Waals surface area contributed by atoms with Gasteiger partial charge in [-0.2, -0.15) is 34.8 Å². The van der Waals surface area contributed by atoms with E-state index in [1.807, 2.05) is 0 Å². The van der Waals surface area contributed by atoms with Crippen molar-refractivity contribution in [1.82, 2.24) is 5.32 Å². The van der Waals surface area contributed by atoms with Crippen LogP contribution in [-0.2, 0) is 30.6 Å². The van der Waals surface area contributed by atoms with Gasteiger partial charge in [-0.3, -0.25) is 4.79 Å². The number of alkyl halides is 6. The van der Waals surface area contributed by atoms with E-state index in [9.17, 15) is 44.3 Å². The number of aryl methyl sites for hydroxylation is 2. The van der Waals surface area contributed by atoms with Gasteiger partial charge in [0, 0.05) is 11.1 Å². The van der Waals surface area contributed by atoms with Crippen LogP contribution in [0.15, 0.2) is 24.3 Å². The van der Waals surface area contributed by atoms with Crippen LogP contribution in [0.2, 0.25) is 0 Å². The minimum absolute atomic E-state index is 0.0323. The molecule has 0 aromatic heterocycles. The summed E-state index contributed by atoms with van der Waals surface area (Å²) >= 11 is 0. The lowest BCUT2D eigenvalue weighted by Crippen LogP contribution is -2.36. The SMILES string of the molecule is CCOC(=O)C[C@H](NC(=O)OC(C)(C)C)c1cc(-c2c(C)cc(C)cc2OS(=O)(=O)C(F)(F)F)cc(C(F)(F)F)c1F. The van der Waals surface area contributed by atoms with Gasteiger partial charge < -0.3 is 19.0 Å². The lowest BCUT2D eigenvalue weighted by molar-refractivity contribution is -0.143. The number of hydrogen-bond donors (Lipinski definition) is 1. The van der Waals surface area contributed by atoms with Crippen LogP contribution in [0, 0.1) is 19.7 Å². The molecule has 0 unspecified atom stereocenters. The van der Waals surface area contributed by atoms with E-state index >= 15 is 4.39 Å². The van der Waals surface area contributed by atoms with E-state index in [2.05, 4.69) is 9.50 Å². The number of esters is 1. The van der Waals surface area contributed by atoms with Crippen LogP contribution in [0.1, 0.15) is 62.4 Å². The molecule has 1 amide bonds. The first-order valence-corrected chi connectivity index (χ1v) is 13.6. The van der Waals surface area contributed by atoms with Crippen molar-refractivity contribution in [2.24, 2.45) is 0 Å². The molecule has 8 nitrogen and oxygen atoms in total. The lowest BCUT2D eigenvalue weighted by atomic mass is 9.91. The van der Waals surface area contributed by atoms with Gasteiger partial charge in [-0.25, -0.2) is 9.18 Å². The highest BCUT2D eigenvalue weighted by Crippen LogP contribution is 2.43. The molecule has 1 N–H and O–H groups in total. The molecule has 0 spiro atoms. The highest BCUT2D eigenvalue weighted by atomic mass is 32.2. The third-order valence-corrected chi connectivity index (χ3v) is 6.33. The fraction of sp³-hybridized carbons (Fsp3) is 0.462. The normalized spacial score (nSPS) is 13.4. The summed E-state index contributed by atoms with van der Waals surface area (Å²) in [4.78, 5) is 24.8. The Morgan fingerprint density at radius 2 is 1.57 bits per heavy atom. The maximum Gasteiger partial charge on any atom is 0.534 e. The Hall–Kier alpha value is -3.56. The quantitative estimate of drug-likeness (QED) is 0.147. The van der Waals surface area contributed by atoms with Crippen LogP contribution in [0.25, 0.3) is 11.1 Å². The molecule has 16 heteroatoms. The number of benzene rings is 2. The summed E-state index contributed by atoms with van der Waals surface area (Å²) in [6.45, 7) is 8.27. The Balaban J connectivity index is 2.91. The second-order valence-corrected chi connectivity index (χ2v) is 11.6. The summed E-state index contributed by atoms with van der Waals surface area (Å²) in [5.74, 6) is -3.94. The minimum Gasteiger partial charge on any atom is -0.466 e. The molecule has 2 rings (SSSR count). The predicted molar refractivity (Wildman–Crippen MR) is 135 cm³/mol. The zero-order chi connectivity index (χ0) is 32.4. The third-order valence-electron chi connectivity index (χ3n) is 5.36. The van der Waals surface area contributed by atoms with Crippen molar-refractivity contribution in [2.45, 2.75) is 71.3 Å². The van der Waals surface area contributed by atoms with E-state index in [0.29, 0.717) is 0 Å². The number of alkyl carbamates (subject to hydrolysis) is 1. The van der Waals surface area contributed by atoms with Gasteiger partial charge in [-0.05, 0) is 76.4 Å².